The van der Waals surface area contributed by atoms with Crippen LogP contribution in [0.15, 0.2) is 34.9 Å². The lowest BCUT2D eigenvalue weighted by molar-refractivity contribution is 0.116. The van der Waals surface area contributed by atoms with Crippen LogP contribution < -0.4 is 4.74 Å². The molecule has 3 aromatic rings. The standard InChI is InChI=1S/C13H8ClF2N3O2S/c14-7-2-1-3-8(4-7)20-6-10-17-5-9(22-10)12-18-19-13(21-12)11(15)16/h1-5,11H,6H2. The number of hydrogen-bond donors (Lipinski definition) is 0. The first-order valence-electron chi connectivity index (χ1n) is 6.07. The van der Waals surface area contributed by atoms with Gasteiger partial charge in [0.15, 0.2) is 0 Å². The van der Waals surface area contributed by atoms with E-state index in [2.05, 4.69) is 15.2 Å². The molecule has 22 heavy (non-hydrogen) atoms. The molecule has 2 heterocycles. The van der Waals surface area contributed by atoms with Crippen LogP contribution in [0.4, 0.5) is 8.78 Å². The second-order valence-corrected chi connectivity index (χ2v) is 5.66. The zero-order chi connectivity index (χ0) is 15.5. The average molecular weight is 344 g/mol. The van der Waals surface area contributed by atoms with Crippen molar-refractivity contribution in [2.75, 3.05) is 0 Å². The third-order valence-corrected chi connectivity index (χ3v) is 3.74. The van der Waals surface area contributed by atoms with E-state index in [0.717, 1.165) is 0 Å². The Hall–Kier alpha value is -2.06. The molecule has 1 aromatic carbocycles. The summed E-state index contributed by atoms with van der Waals surface area (Å²) in [7, 11) is 0. The van der Waals surface area contributed by atoms with E-state index in [4.69, 9.17) is 20.8 Å². The molecule has 114 valence electrons. The van der Waals surface area contributed by atoms with Gasteiger partial charge in [-0.25, -0.2) is 4.98 Å². The minimum Gasteiger partial charge on any atom is -0.486 e. The summed E-state index contributed by atoms with van der Waals surface area (Å²) >= 11 is 7.08. The van der Waals surface area contributed by atoms with Gasteiger partial charge in [0.25, 0.3) is 11.8 Å². The van der Waals surface area contributed by atoms with Crippen LogP contribution in [0.5, 0.6) is 5.75 Å². The quantitative estimate of drug-likeness (QED) is 0.688. The summed E-state index contributed by atoms with van der Waals surface area (Å²) < 4.78 is 35.2. The average Bonchev–Trinajstić information content (AvgIpc) is 3.14. The van der Waals surface area contributed by atoms with Crippen molar-refractivity contribution in [3.8, 4) is 16.5 Å². The van der Waals surface area contributed by atoms with Gasteiger partial charge in [0.1, 0.15) is 22.2 Å². The number of alkyl halides is 2. The van der Waals surface area contributed by atoms with Crippen molar-refractivity contribution in [3.63, 3.8) is 0 Å². The Morgan fingerprint density at radius 1 is 1.32 bits per heavy atom. The normalized spacial score (nSPS) is 11.1. The van der Waals surface area contributed by atoms with Crippen LogP contribution in [-0.2, 0) is 6.61 Å². The predicted octanol–water partition coefficient (Wildman–Crippen LogP) is 4.36. The molecule has 0 atom stereocenters. The second kappa shape index (κ2) is 6.37. The third kappa shape index (κ3) is 3.40. The molecule has 0 aliphatic carbocycles. The zero-order valence-corrected chi connectivity index (χ0v) is 12.4. The van der Waals surface area contributed by atoms with Gasteiger partial charge in [-0.15, -0.1) is 21.5 Å². The number of aromatic nitrogens is 3. The Labute approximate surface area is 132 Å². The molecule has 0 saturated heterocycles. The lowest BCUT2D eigenvalue weighted by atomic mass is 10.3. The van der Waals surface area contributed by atoms with Crippen molar-refractivity contribution in [2.24, 2.45) is 0 Å². The number of ether oxygens (including phenoxy) is 1. The van der Waals surface area contributed by atoms with E-state index in [1.807, 2.05) is 0 Å². The number of hydrogen-bond acceptors (Lipinski definition) is 6. The molecule has 0 spiro atoms. The summed E-state index contributed by atoms with van der Waals surface area (Å²) in [6, 6.07) is 6.97. The number of thiazole rings is 1. The van der Waals surface area contributed by atoms with Gasteiger partial charge in [-0.05, 0) is 18.2 Å². The van der Waals surface area contributed by atoms with Crippen molar-refractivity contribution >= 4 is 22.9 Å². The van der Waals surface area contributed by atoms with E-state index in [9.17, 15) is 8.78 Å². The van der Waals surface area contributed by atoms with E-state index in [0.29, 0.717) is 20.7 Å². The van der Waals surface area contributed by atoms with Crippen LogP contribution in [0, 0.1) is 0 Å². The molecule has 5 nitrogen and oxygen atoms in total. The molecule has 0 radical (unpaired) electrons. The van der Waals surface area contributed by atoms with Crippen LogP contribution in [0.3, 0.4) is 0 Å². The van der Waals surface area contributed by atoms with E-state index in [-0.39, 0.29) is 12.5 Å². The maximum absolute atomic E-state index is 12.4. The van der Waals surface area contributed by atoms with Crippen LogP contribution in [0.25, 0.3) is 10.8 Å². The van der Waals surface area contributed by atoms with Gasteiger partial charge in [-0.1, -0.05) is 17.7 Å². The minimum absolute atomic E-state index is 0.0156. The molecule has 0 saturated carbocycles. The molecule has 0 amide bonds. The summed E-state index contributed by atoms with van der Waals surface area (Å²) in [6.45, 7) is 0.223. The first-order chi connectivity index (χ1) is 10.6. The lowest BCUT2D eigenvalue weighted by Crippen LogP contribution is -1.93. The second-order valence-electron chi connectivity index (χ2n) is 4.11. The Balaban J connectivity index is 1.68. The summed E-state index contributed by atoms with van der Waals surface area (Å²) in [6.07, 6.45) is -1.32. The van der Waals surface area contributed by atoms with E-state index < -0.39 is 12.3 Å². The van der Waals surface area contributed by atoms with Gasteiger partial charge in [0.2, 0.25) is 0 Å². The fraction of sp³-hybridized carbons (Fsp3) is 0.154. The smallest absolute Gasteiger partial charge is 0.314 e. The van der Waals surface area contributed by atoms with Gasteiger partial charge in [0.05, 0.1) is 6.20 Å². The number of rotatable bonds is 5. The molecular formula is C13H8ClF2N3O2S. The largest absolute Gasteiger partial charge is 0.486 e. The first-order valence-corrected chi connectivity index (χ1v) is 7.26. The van der Waals surface area contributed by atoms with E-state index in [1.54, 1.807) is 24.3 Å². The van der Waals surface area contributed by atoms with E-state index >= 15 is 0 Å². The highest BCUT2D eigenvalue weighted by molar-refractivity contribution is 7.15. The number of halogens is 3. The Bertz CT molecular complexity index is 778. The van der Waals surface area contributed by atoms with E-state index in [1.165, 1.54) is 17.5 Å². The minimum atomic E-state index is -2.79. The van der Waals surface area contributed by atoms with Gasteiger partial charge in [0, 0.05) is 5.02 Å². The fourth-order valence-electron chi connectivity index (χ4n) is 1.60. The Kier molecular flexibility index (Phi) is 4.30. The highest BCUT2D eigenvalue weighted by Crippen LogP contribution is 2.28. The number of nitrogens with zero attached hydrogens (tertiary/aromatic N) is 3. The Morgan fingerprint density at radius 3 is 2.91 bits per heavy atom. The third-order valence-electron chi connectivity index (χ3n) is 2.55. The Morgan fingerprint density at radius 2 is 2.18 bits per heavy atom. The summed E-state index contributed by atoms with van der Waals surface area (Å²) in [5.41, 5.74) is 0. The number of benzene rings is 1. The molecule has 0 N–H and O–H groups in total. The SMILES string of the molecule is FC(F)c1nnc(-c2cnc(COc3cccc(Cl)c3)s2)o1. The highest BCUT2D eigenvalue weighted by atomic mass is 35.5. The van der Waals surface area contributed by atoms with Gasteiger partial charge >= 0.3 is 6.43 Å². The maximum Gasteiger partial charge on any atom is 0.314 e. The molecule has 9 heteroatoms. The van der Waals surface area contributed by atoms with Crippen molar-refractivity contribution < 1.29 is 17.9 Å². The van der Waals surface area contributed by atoms with Crippen molar-refractivity contribution in [1.29, 1.82) is 0 Å². The maximum atomic E-state index is 12.4. The monoisotopic (exact) mass is 343 g/mol. The van der Waals surface area contributed by atoms with Crippen molar-refractivity contribution in [2.45, 2.75) is 13.0 Å². The summed E-state index contributed by atoms with van der Waals surface area (Å²) in [5.74, 6) is -0.0797. The molecule has 0 fully saturated rings. The van der Waals surface area contributed by atoms with Gasteiger partial charge in [-0.3, -0.25) is 0 Å². The molecule has 0 aliphatic heterocycles. The molecule has 2 aromatic heterocycles. The fourth-order valence-corrected chi connectivity index (χ4v) is 2.53. The summed E-state index contributed by atoms with van der Waals surface area (Å²) in [5, 5.41) is 8.05. The van der Waals surface area contributed by atoms with Crippen molar-refractivity contribution in [1.82, 2.24) is 15.2 Å². The van der Waals surface area contributed by atoms with Gasteiger partial charge in [-0.2, -0.15) is 8.78 Å². The first kappa shape index (κ1) is 14.9. The molecule has 0 bridgehead atoms. The summed E-state index contributed by atoms with van der Waals surface area (Å²) in [4.78, 5) is 4.63. The molecule has 3 rings (SSSR count). The highest BCUT2D eigenvalue weighted by Gasteiger charge is 2.18. The zero-order valence-electron chi connectivity index (χ0n) is 10.9. The van der Waals surface area contributed by atoms with Crippen LogP contribution >= 0.6 is 22.9 Å². The molecule has 0 unspecified atom stereocenters. The topological polar surface area (TPSA) is 61.0 Å². The van der Waals surface area contributed by atoms with Gasteiger partial charge < -0.3 is 9.15 Å². The van der Waals surface area contributed by atoms with Crippen LogP contribution in [0.1, 0.15) is 17.3 Å². The van der Waals surface area contributed by atoms with Crippen molar-refractivity contribution in [3.05, 3.63) is 46.4 Å². The molecule has 0 aliphatic rings. The lowest BCUT2D eigenvalue weighted by Gasteiger charge is -2.03. The predicted molar refractivity (Wildman–Crippen MR) is 76.1 cm³/mol. The van der Waals surface area contributed by atoms with Crippen LogP contribution in [-0.4, -0.2) is 15.2 Å². The molecular weight excluding hydrogens is 336 g/mol. The van der Waals surface area contributed by atoms with Crippen LogP contribution in [0.2, 0.25) is 5.02 Å².